The van der Waals surface area contributed by atoms with Gasteiger partial charge in [-0.1, -0.05) is 13.0 Å². The molecule has 0 saturated carbocycles. The van der Waals surface area contributed by atoms with E-state index in [2.05, 4.69) is 5.32 Å². The van der Waals surface area contributed by atoms with Gasteiger partial charge in [-0.3, -0.25) is 0 Å². The molecule has 1 fully saturated rings. The van der Waals surface area contributed by atoms with E-state index in [4.69, 9.17) is 4.74 Å². The van der Waals surface area contributed by atoms with Gasteiger partial charge in [-0.2, -0.15) is 0 Å². The molecule has 0 amide bonds. The summed E-state index contributed by atoms with van der Waals surface area (Å²) in [5.74, 6) is -3.67. The Morgan fingerprint density at radius 1 is 1.25 bits per heavy atom. The van der Waals surface area contributed by atoms with Crippen molar-refractivity contribution < 1.29 is 17.9 Å². The largest absolute Gasteiger partial charge is 0.378 e. The van der Waals surface area contributed by atoms with E-state index in [0.29, 0.717) is 19.6 Å². The summed E-state index contributed by atoms with van der Waals surface area (Å²) in [5.41, 5.74) is 0.167. The van der Waals surface area contributed by atoms with Gasteiger partial charge >= 0.3 is 0 Å². The molecule has 1 saturated heterocycles. The highest BCUT2D eigenvalue weighted by Gasteiger charge is 2.24. The van der Waals surface area contributed by atoms with Crippen LogP contribution in [0.3, 0.4) is 0 Å². The van der Waals surface area contributed by atoms with Crippen LogP contribution in [-0.2, 0) is 4.74 Å². The maximum atomic E-state index is 13.9. The molecule has 2 unspecified atom stereocenters. The third-order valence-corrected chi connectivity index (χ3v) is 3.66. The second-order valence-electron chi connectivity index (χ2n) is 5.10. The number of hydrogen-bond acceptors (Lipinski definition) is 2. The van der Waals surface area contributed by atoms with E-state index < -0.39 is 17.5 Å². The highest BCUT2D eigenvalue weighted by atomic mass is 19.2. The molecule has 5 heteroatoms. The first-order valence-electron chi connectivity index (χ1n) is 7.11. The van der Waals surface area contributed by atoms with Crippen LogP contribution in [0.4, 0.5) is 13.2 Å². The van der Waals surface area contributed by atoms with Crippen LogP contribution in [-0.4, -0.2) is 19.3 Å². The van der Waals surface area contributed by atoms with Gasteiger partial charge in [0.15, 0.2) is 17.5 Å². The zero-order valence-corrected chi connectivity index (χ0v) is 11.6. The summed E-state index contributed by atoms with van der Waals surface area (Å²) in [6.07, 6.45) is 3.66. The summed E-state index contributed by atoms with van der Waals surface area (Å²) in [7, 11) is 0. The Balaban J connectivity index is 2.17. The molecule has 20 heavy (non-hydrogen) atoms. The molecular formula is C15H20F3NO. The number of hydrogen-bond donors (Lipinski definition) is 1. The number of halogens is 3. The first-order chi connectivity index (χ1) is 9.63. The minimum atomic E-state index is -1.41. The first-order valence-corrected chi connectivity index (χ1v) is 7.11. The Morgan fingerprint density at radius 3 is 2.70 bits per heavy atom. The molecule has 0 aliphatic carbocycles. The molecule has 0 bridgehead atoms. The lowest BCUT2D eigenvalue weighted by Crippen LogP contribution is -2.29. The molecular weight excluding hydrogens is 267 g/mol. The van der Waals surface area contributed by atoms with Crippen LogP contribution < -0.4 is 5.32 Å². The van der Waals surface area contributed by atoms with E-state index in [1.165, 1.54) is 6.07 Å². The van der Waals surface area contributed by atoms with E-state index in [9.17, 15) is 13.2 Å². The minimum absolute atomic E-state index is 0.0420. The summed E-state index contributed by atoms with van der Waals surface area (Å²) < 4.78 is 45.9. The molecule has 1 aromatic carbocycles. The maximum absolute atomic E-state index is 13.9. The van der Waals surface area contributed by atoms with Gasteiger partial charge in [0.05, 0.1) is 6.10 Å². The topological polar surface area (TPSA) is 21.3 Å². The third-order valence-electron chi connectivity index (χ3n) is 3.66. The predicted molar refractivity (Wildman–Crippen MR) is 70.9 cm³/mol. The zero-order valence-electron chi connectivity index (χ0n) is 11.6. The fourth-order valence-electron chi connectivity index (χ4n) is 2.63. The van der Waals surface area contributed by atoms with Gasteiger partial charge < -0.3 is 10.1 Å². The molecule has 0 radical (unpaired) electrons. The van der Waals surface area contributed by atoms with Gasteiger partial charge in [-0.15, -0.1) is 0 Å². The highest BCUT2D eigenvalue weighted by molar-refractivity contribution is 5.24. The standard InChI is InChI=1S/C15H20F3NO/c1-2-19-13(9-10-5-3-4-8-20-10)11-6-7-12(16)15(18)14(11)17/h6-7,10,13,19H,2-5,8-9H2,1H3. The molecule has 1 heterocycles. The van der Waals surface area contributed by atoms with Crippen LogP contribution in [0.5, 0.6) is 0 Å². The Kier molecular flexibility index (Phi) is 5.43. The molecule has 2 atom stereocenters. The smallest absolute Gasteiger partial charge is 0.194 e. The summed E-state index contributed by atoms with van der Waals surface area (Å²) in [5, 5.41) is 3.12. The fourth-order valence-corrected chi connectivity index (χ4v) is 2.63. The molecule has 0 spiro atoms. The quantitative estimate of drug-likeness (QED) is 0.834. The van der Waals surface area contributed by atoms with Crippen LogP contribution >= 0.6 is 0 Å². The average molecular weight is 287 g/mol. The normalized spacial score (nSPS) is 20.9. The number of nitrogens with one attached hydrogen (secondary N) is 1. The van der Waals surface area contributed by atoms with Crippen LogP contribution in [0, 0.1) is 17.5 Å². The number of rotatable bonds is 5. The van der Waals surface area contributed by atoms with E-state index in [0.717, 1.165) is 25.3 Å². The van der Waals surface area contributed by atoms with Crippen LogP contribution in [0.15, 0.2) is 12.1 Å². The van der Waals surface area contributed by atoms with Crippen LogP contribution in [0.1, 0.15) is 44.2 Å². The van der Waals surface area contributed by atoms with Gasteiger partial charge in [0, 0.05) is 18.2 Å². The Morgan fingerprint density at radius 2 is 2.05 bits per heavy atom. The molecule has 2 nitrogen and oxygen atoms in total. The molecule has 112 valence electrons. The minimum Gasteiger partial charge on any atom is -0.378 e. The average Bonchev–Trinajstić information content (AvgIpc) is 2.46. The zero-order chi connectivity index (χ0) is 14.5. The van der Waals surface area contributed by atoms with E-state index in [1.54, 1.807) is 0 Å². The van der Waals surface area contributed by atoms with Crippen molar-refractivity contribution >= 4 is 0 Å². The van der Waals surface area contributed by atoms with Crippen molar-refractivity contribution in [3.63, 3.8) is 0 Å². The van der Waals surface area contributed by atoms with Crippen molar-refractivity contribution in [1.82, 2.24) is 5.32 Å². The second-order valence-corrected chi connectivity index (χ2v) is 5.10. The number of ether oxygens (including phenoxy) is 1. The fraction of sp³-hybridized carbons (Fsp3) is 0.600. The van der Waals surface area contributed by atoms with Gasteiger partial charge in [0.25, 0.3) is 0 Å². The van der Waals surface area contributed by atoms with Crippen molar-refractivity contribution in [2.75, 3.05) is 13.2 Å². The molecule has 2 rings (SSSR count). The van der Waals surface area contributed by atoms with E-state index in [-0.39, 0.29) is 17.7 Å². The second kappa shape index (κ2) is 7.09. The molecule has 1 aliphatic rings. The Labute approximate surface area is 117 Å². The van der Waals surface area contributed by atoms with Crippen molar-refractivity contribution in [3.05, 3.63) is 35.1 Å². The summed E-state index contributed by atoms with van der Waals surface area (Å²) in [4.78, 5) is 0. The lowest BCUT2D eigenvalue weighted by Gasteiger charge is -2.28. The maximum Gasteiger partial charge on any atom is 0.194 e. The molecule has 1 aromatic rings. The van der Waals surface area contributed by atoms with E-state index >= 15 is 0 Å². The lowest BCUT2D eigenvalue weighted by molar-refractivity contribution is 0.00490. The van der Waals surface area contributed by atoms with Crippen molar-refractivity contribution in [2.45, 2.75) is 44.8 Å². The van der Waals surface area contributed by atoms with Crippen LogP contribution in [0.2, 0.25) is 0 Å². The highest BCUT2D eigenvalue weighted by Crippen LogP contribution is 2.28. The van der Waals surface area contributed by atoms with Gasteiger partial charge in [0.1, 0.15) is 0 Å². The molecule has 0 aromatic heterocycles. The van der Waals surface area contributed by atoms with Gasteiger partial charge in [-0.25, -0.2) is 13.2 Å². The van der Waals surface area contributed by atoms with Gasteiger partial charge in [0.2, 0.25) is 0 Å². The van der Waals surface area contributed by atoms with E-state index in [1.807, 2.05) is 6.92 Å². The Bertz CT molecular complexity index is 447. The number of benzene rings is 1. The summed E-state index contributed by atoms with van der Waals surface area (Å²) in [6.45, 7) is 3.23. The summed E-state index contributed by atoms with van der Waals surface area (Å²) >= 11 is 0. The van der Waals surface area contributed by atoms with Crippen molar-refractivity contribution in [2.24, 2.45) is 0 Å². The van der Waals surface area contributed by atoms with Crippen molar-refractivity contribution in [1.29, 1.82) is 0 Å². The SMILES string of the molecule is CCNC(CC1CCCCO1)c1ccc(F)c(F)c1F. The molecule has 1 aliphatic heterocycles. The van der Waals surface area contributed by atoms with Crippen LogP contribution in [0.25, 0.3) is 0 Å². The lowest BCUT2D eigenvalue weighted by atomic mass is 9.96. The Hall–Kier alpha value is -1.07. The monoisotopic (exact) mass is 287 g/mol. The summed E-state index contributed by atoms with van der Waals surface area (Å²) in [6, 6.07) is 1.92. The molecule has 1 N–H and O–H groups in total. The predicted octanol–water partition coefficient (Wildman–Crippen LogP) is 3.71. The third kappa shape index (κ3) is 3.52. The van der Waals surface area contributed by atoms with Gasteiger partial charge in [-0.05, 0) is 38.3 Å². The van der Waals surface area contributed by atoms with Crippen molar-refractivity contribution in [3.8, 4) is 0 Å². The first kappa shape index (κ1) is 15.3.